The molecule has 2 aliphatic heterocycles. The number of aryl methyl sites for hydroxylation is 1. The second-order valence-electron chi connectivity index (χ2n) is 14.0. The molecule has 4 fully saturated rings. The Kier molecular flexibility index (Phi) is 8.68. The predicted molar refractivity (Wildman–Crippen MR) is 167 cm³/mol. The zero-order chi connectivity index (χ0) is 25.8. The summed E-state index contributed by atoms with van der Waals surface area (Å²) in [6.45, 7) is 9.53. The summed E-state index contributed by atoms with van der Waals surface area (Å²) in [6.07, 6.45) is 8.93. The van der Waals surface area contributed by atoms with Gasteiger partial charge < -0.3 is 24.8 Å². The summed E-state index contributed by atoms with van der Waals surface area (Å²) >= 11 is 1.96. The van der Waals surface area contributed by atoms with Gasteiger partial charge in [0.25, 0.3) is 0 Å². The summed E-state index contributed by atoms with van der Waals surface area (Å²) in [4.78, 5) is 1.68. The minimum absolute atomic E-state index is 0. The van der Waals surface area contributed by atoms with Gasteiger partial charge in [0.1, 0.15) is 0 Å². The molecule has 0 N–H and O–H groups in total. The molecule has 3 heterocycles. The van der Waals surface area contributed by atoms with E-state index in [1.807, 2.05) is 11.3 Å². The summed E-state index contributed by atoms with van der Waals surface area (Å²) in [6, 6.07) is 23.4. The van der Waals surface area contributed by atoms with Crippen molar-refractivity contribution in [3.63, 3.8) is 0 Å². The van der Waals surface area contributed by atoms with E-state index >= 15 is 0 Å². The minimum atomic E-state index is -0.972. The van der Waals surface area contributed by atoms with Crippen LogP contribution in [0.25, 0.3) is 27.1 Å². The normalized spacial score (nSPS) is 29.0. The molecule has 5 heteroatoms. The number of benzene rings is 2. The number of hydrogen-bond donors (Lipinski definition) is 0. The first-order valence-electron chi connectivity index (χ1n) is 14.9. The van der Waals surface area contributed by atoms with Crippen LogP contribution in [0, 0.1) is 24.7 Å². The van der Waals surface area contributed by atoms with Gasteiger partial charge in [-0.2, -0.15) is 6.07 Å². The SMILES string of the molecule is CC1=C2c3ccsc3C1[Si]2(C)C.Cc1cc2c(-c3ccc(C45CC6CC(CC(C6)C4)C5)cc3)cccc2[cH-]1.[Cl-].[Cl-].[Zr+3]. The number of hydrogen-bond acceptors (Lipinski definition) is 1. The minimum Gasteiger partial charge on any atom is -1.00 e. The number of rotatable bonds is 2. The molecule has 1 radical (unpaired) electrons. The second-order valence-corrected chi connectivity index (χ2v) is 19.5. The molecule has 3 aromatic carbocycles. The molecule has 1 atom stereocenters. The summed E-state index contributed by atoms with van der Waals surface area (Å²) in [5, 5.41) is 6.77. The van der Waals surface area contributed by atoms with Crippen molar-refractivity contribution in [3.8, 4) is 11.1 Å². The largest absolute Gasteiger partial charge is 3.00 e. The van der Waals surface area contributed by atoms with Gasteiger partial charge in [0.2, 0.25) is 0 Å². The van der Waals surface area contributed by atoms with Crippen LogP contribution in [-0.4, -0.2) is 8.07 Å². The Labute approximate surface area is 282 Å². The molecule has 0 saturated heterocycles. The first-order valence-corrected chi connectivity index (χ1v) is 18.8. The molecule has 211 valence electrons. The van der Waals surface area contributed by atoms with Crippen molar-refractivity contribution in [1.82, 2.24) is 0 Å². The number of fused-ring (bicyclic) bond motifs is 1. The van der Waals surface area contributed by atoms with Crippen molar-refractivity contribution in [1.29, 1.82) is 0 Å². The summed E-state index contributed by atoms with van der Waals surface area (Å²) in [7, 11) is -0.972. The summed E-state index contributed by atoms with van der Waals surface area (Å²) < 4.78 is 0. The first kappa shape index (κ1) is 31.6. The standard InChI is InChI=1S/C26H27.C10H12SSi.2ClH.Zr/c1-17-9-22-3-2-4-24(25(22)10-17)21-5-7-23(8-6-21)26-14-18-11-19(15-26)13-20(12-18)16-26;1-6-9-7-4-5-11-8(7)10(6)12(9,2)3;;;/h2-10,18-20H,11-16H2,1H3;4-5,10H,1-3H3;2*1H;/q-1;;;;+3/p-2. The first-order chi connectivity index (χ1) is 18.3. The molecule has 0 nitrogen and oxygen atoms in total. The van der Waals surface area contributed by atoms with Crippen molar-refractivity contribution in [2.45, 2.75) is 76.4 Å². The zero-order valence-corrected chi connectivity index (χ0v) is 30.4. The molecule has 6 bridgehead atoms. The average Bonchev–Trinajstić information content (AvgIpc) is 3.60. The maximum Gasteiger partial charge on any atom is 3.00 e. The Morgan fingerprint density at radius 1 is 0.829 bits per heavy atom. The van der Waals surface area contributed by atoms with Crippen LogP contribution < -0.4 is 24.8 Å². The Morgan fingerprint density at radius 3 is 2.05 bits per heavy atom. The second kappa shape index (κ2) is 11.3. The average molecular weight is 694 g/mol. The van der Waals surface area contributed by atoms with E-state index in [4.69, 9.17) is 0 Å². The van der Waals surface area contributed by atoms with Gasteiger partial charge in [0, 0.05) is 10.4 Å². The van der Waals surface area contributed by atoms with Crippen LogP contribution in [0.5, 0.6) is 0 Å². The van der Waals surface area contributed by atoms with E-state index in [1.165, 1.54) is 66.0 Å². The van der Waals surface area contributed by atoms with Gasteiger partial charge in [0.05, 0.1) is 8.07 Å². The Bertz CT molecular complexity index is 1570. The van der Waals surface area contributed by atoms with Crippen molar-refractivity contribution in [3.05, 3.63) is 93.2 Å². The number of allylic oxidation sites excluding steroid dienone is 1. The fourth-order valence-corrected chi connectivity index (χ4v) is 16.5. The van der Waals surface area contributed by atoms with Gasteiger partial charge in [-0.1, -0.05) is 66.7 Å². The molecular weight excluding hydrogens is 655 g/mol. The van der Waals surface area contributed by atoms with Crippen molar-refractivity contribution < 1.29 is 51.0 Å². The molecule has 1 unspecified atom stereocenters. The van der Waals surface area contributed by atoms with E-state index in [2.05, 4.69) is 93.0 Å². The van der Waals surface area contributed by atoms with Gasteiger partial charge in [0.15, 0.2) is 0 Å². The summed E-state index contributed by atoms with van der Waals surface area (Å²) in [5.74, 6) is 3.05. The Hall–Kier alpha value is -0.830. The fourth-order valence-electron chi connectivity index (χ4n) is 10.2. The Balaban J connectivity index is 0.000000191. The number of halogens is 2. The van der Waals surface area contributed by atoms with Gasteiger partial charge in [-0.25, -0.2) is 0 Å². The van der Waals surface area contributed by atoms with E-state index in [-0.39, 0.29) is 51.0 Å². The molecule has 1 aromatic heterocycles. The maximum atomic E-state index is 2.51. The van der Waals surface area contributed by atoms with Crippen molar-refractivity contribution in [2.75, 3.05) is 0 Å². The maximum absolute atomic E-state index is 2.51. The zero-order valence-electron chi connectivity index (χ0n) is 24.6. The Morgan fingerprint density at radius 2 is 1.46 bits per heavy atom. The van der Waals surface area contributed by atoms with E-state index < -0.39 is 8.07 Å². The number of thiophene rings is 1. The fraction of sp³-hybridized carbons (Fsp3) is 0.417. The van der Waals surface area contributed by atoms with Crippen LogP contribution in [0.2, 0.25) is 13.1 Å². The molecule has 4 saturated carbocycles. The van der Waals surface area contributed by atoms with Crippen LogP contribution >= 0.6 is 11.3 Å². The molecule has 41 heavy (non-hydrogen) atoms. The van der Waals surface area contributed by atoms with E-state index in [0.717, 1.165) is 23.3 Å². The van der Waals surface area contributed by atoms with Crippen LogP contribution in [0.3, 0.4) is 0 Å². The molecule has 7 aliphatic rings. The molecule has 11 rings (SSSR count). The van der Waals surface area contributed by atoms with Crippen LogP contribution in [-0.2, 0) is 31.6 Å². The predicted octanol–water partition coefficient (Wildman–Crippen LogP) is 4.43. The monoisotopic (exact) mass is 691 g/mol. The van der Waals surface area contributed by atoms with Gasteiger partial charge >= 0.3 is 26.2 Å². The van der Waals surface area contributed by atoms with Crippen molar-refractivity contribution >= 4 is 35.4 Å². The van der Waals surface area contributed by atoms with Gasteiger partial charge in [-0.3, -0.25) is 0 Å². The smallest absolute Gasteiger partial charge is 1.00 e. The van der Waals surface area contributed by atoms with Crippen LogP contribution in [0.1, 0.15) is 72.6 Å². The molecular formula is C36H39Cl2SSiZr. The van der Waals surface area contributed by atoms with Crippen LogP contribution in [0.15, 0.2) is 71.6 Å². The quantitative estimate of drug-likeness (QED) is 0.216. The van der Waals surface area contributed by atoms with Gasteiger partial charge in [-0.05, 0) is 96.8 Å². The topological polar surface area (TPSA) is 0 Å². The van der Waals surface area contributed by atoms with E-state index in [1.54, 1.807) is 26.8 Å². The van der Waals surface area contributed by atoms with Crippen LogP contribution in [0.4, 0.5) is 0 Å². The van der Waals surface area contributed by atoms with Crippen molar-refractivity contribution in [2.24, 2.45) is 17.8 Å². The molecule has 0 spiro atoms. The summed E-state index contributed by atoms with van der Waals surface area (Å²) in [5.41, 5.74) is 10.4. The van der Waals surface area contributed by atoms with Gasteiger partial charge in [-0.15, -0.1) is 45.9 Å². The van der Waals surface area contributed by atoms with E-state index in [9.17, 15) is 0 Å². The third-order valence-electron chi connectivity index (χ3n) is 11.2. The molecule has 0 amide bonds. The third kappa shape index (κ3) is 4.80. The van der Waals surface area contributed by atoms with E-state index in [0.29, 0.717) is 5.41 Å². The third-order valence-corrected chi connectivity index (χ3v) is 16.5. The molecule has 5 aliphatic carbocycles. The molecule has 4 aromatic rings.